The van der Waals surface area contributed by atoms with Gasteiger partial charge in [0.25, 0.3) is 5.91 Å². The number of methoxy groups -OCH3 is 1. The normalized spacial score (nSPS) is 20.2. The Labute approximate surface area is 267 Å². The van der Waals surface area contributed by atoms with E-state index >= 15 is 0 Å². The highest BCUT2D eigenvalue weighted by Crippen LogP contribution is 2.49. The average molecular weight is 634 g/mol. The lowest BCUT2D eigenvalue weighted by atomic mass is 9.87. The van der Waals surface area contributed by atoms with Gasteiger partial charge in [-0.15, -0.1) is 0 Å². The highest BCUT2D eigenvalue weighted by Gasteiger charge is 2.49. The molecule has 3 aromatic rings. The first-order valence-corrected chi connectivity index (χ1v) is 15.6. The van der Waals surface area contributed by atoms with Crippen LogP contribution in [-0.4, -0.2) is 54.1 Å². The van der Waals surface area contributed by atoms with Crippen LogP contribution in [0.25, 0.3) is 11.3 Å². The van der Waals surface area contributed by atoms with Crippen molar-refractivity contribution in [3.8, 4) is 28.5 Å². The molecular formula is C35H40FN3O7. The molecule has 10 nitrogen and oxygen atoms in total. The molecule has 2 aromatic carbocycles. The third-order valence-corrected chi connectivity index (χ3v) is 8.43. The van der Waals surface area contributed by atoms with Crippen LogP contribution in [0.1, 0.15) is 75.0 Å². The fourth-order valence-corrected chi connectivity index (χ4v) is 5.63. The van der Waals surface area contributed by atoms with Crippen LogP contribution in [0.2, 0.25) is 0 Å². The van der Waals surface area contributed by atoms with Crippen molar-refractivity contribution < 1.29 is 38.0 Å². The van der Waals surface area contributed by atoms with E-state index in [1.54, 1.807) is 57.2 Å². The number of alkyl carbamates (subject to hydrolysis) is 1. The van der Waals surface area contributed by atoms with Gasteiger partial charge in [-0.25, -0.2) is 14.2 Å². The molecule has 1 aliphatic heterocycles. The minimum Gasteiger partial charge on any atom is -0.493 e. The van der Waals surface area contributed by atoms with E-state index in [9.17, 15) is 19.1 Å². The Kier molecular flexibility index (Phi) is 8.08. The first kappa shape index (κ1) is 31.6. The molecule has 244 valence electrons. The molecule has 2 atom stereocenters. The van der Waals surface area contributed by atoms with Crippen LogP contribution in [0.5, 0.6) is 17.2 Å². The summed E-state index contributed by atoms with van der Waals surface area (Å²) in [4.78, 5) is 31.1. The molecule has 11 heteroatoms. The molecule has 0 radical (unpaired) electrons. The van der Waals surface area contributed by atoms with E-state index in [0.717, 1.165) is 25.7 Å². The number of nitrogens with zero attached hydrogens (tertiary/aromatic N) is 1. The zero-order valence-corrected chi connectivity index (χ0v) is 26.7. The molecule has 46 heavy (non-hydrogen) atoms. The van der Waals surface area contributed by atoms with Gasteiger partial charge < -0.3 is 34.7 Å². The highest BCUT2D eigenvalue weighted by atomic mass is 19.1. The molecule has 3 aliphatic rings. The first-order valence-electron chi connectivity index (χ1n) is 15.6. The number of ether oxygens (including phenoxy) is 4. The number of carbonyl (C=O) groups is 2. The third-order valence-electron chi connectivity index (χ3n) is 8.43. The Bertz CT molecular complexity index is 1650. The molecule has 3 N–H and O–H groups in total. The maximum absolute atomic E-state index is 13.9. The zero-order chi connectivity index (χ0) is 32.9. The standard InChI is InChI=1S/C35H40FN3O7/c1-33(2,3)46-32(41)39-34(4)19-44-30-25(34)17-28(38-29(30)20-6-11-23(36)12-7-20)35(42,22-9-10-22)18-37-31(40)21-8-15-26(27(16-21)43-5)45-24-13-14-24/h6-8,11-12,15-17,22,24,42H,9-10,13-14,18-19H2,1-5H3,(H,37,40)(H,39,41)/t34-,35?/m0/s1. The van der Waals surface area contributed by atoms with Gasteiger partial charge in [-0.2, -0.15) is 0 Å². The molecule has 2 saturated carbocycles. The van der Waals surface area contributed by atoms with Gasteiger partial charge in [-0.1, -0.05) is 0 Å². The van der Waals surface area contributed by atoms with Gasteiger partial charge in [-0.3, -0.25) is 4.79 Å². The SMILES string of the molecule is COc1cc(C(=O)NCC(O)(c2cc3c(c(-c4ccc(F)cc4)n2)OC[C@]3(C)NC(=O)OC(C)(C)C)C2CC2)ccc1OC1CC1. The highest BCUT2D eigenvalue weighted by molar-refractivity contribution is 5.95. The lowest BCUT2D eigenvalue weighted by Crippen LogP contribution is -2.47. The van der Waals surface area contributed by atoms with Crippen LogP contribution in [-0.2, 0) is 15.9 Å². The van der Waals surface area contributed by atoms with Crippen molar-refractivity contribution in [1.29, 1.82) is 0 Å². The van der Waals surface area contributed by atoms with Crippen LogP contribution in [0.4, 0.5) is 9.18 Å². The fraction of sp³-hybridized carbons (Fsp3) is 0.457. The van der Waals surface area contributed by atoms with E-state index in [0.29, 0.717) is 45.3 Å². The van der Waals surface area contributed by atoms with Crippen molar-refractivity contribution in [2.24, 2.45) is 5.92 Å². The summed E-state index contributed by atoms with van der Waals surface area (Å²) in [7, 11) is 1.52. The Morgan fingerprint density at radius 3 is 2.41 bits per heavy atom. The van der Waals surface area contributed by atoms with Crippen LogP contribution in [0.15, 0.2) is 48.5 Å². The van der Waals surface area contributed by atoms with E-state index in [-0.39, 0.29) is 25.2 Å². The number of halogens is 1. The molecule has 2 amide bonds. The molecule has 2 heterocycles. The number of hydrogen-bond acceptors (Lipinski definition) is 8. The second-order valence-electron chi connectivity index (χ2n) is 13.6. The number of aliphatic hydroxyl groups is 1. The number of aromatic nitrogens is 1. The van der Waals surface area contributed by atoms with Crippen LogP contribution >= 0.6 is 0 Å². The van der Waals surface area contributed by atoms with Gasteiger partial charge in [0.05, 0.1) is 25.5 Å². The Hall–Kier alpha value is -4.38. The van der Waals surface area contributed by atoms with Crippen molar-refractivity contribution in [3.05, 3.63) is 71.2 Å². The van der Waals surface area contributed by atoms with E-state index < -0.39 is 34.6 Å². The average Bonchev–Trinajstić information content (AvgIpc) is 3.94. The predicted molar refractivity (Wildman–Crippen MR) is 167 cm³/mol. The zero-order valence-electron chi connectivity index (χ0n) is 26.7. The lowest BCUT2D eigenvalue weighted by Gasteiger charge is -2.31. The van der Waals surface area contributed by atoms with E-state index in [1.807, 2.05) is 6.92 Å². The summed E-state index contributed by atoms with van der Waals surface area (Å²) in [5, 5.41) is 18.1. The molecule has 6 rings (SSSR count). The van der Waals surface area contributed by atoms with Crippen molar-refractivity contribution in [1.82, 2.24) is 15.6 Å². The van der Waals surface area contributed by atoms with Crippen molar-refractivity contribution in [3.63, 3.8) is 0 Å². The number of carbonyl (C=O) groups excluding carboxylic acids is 2. The second kappa shape index (κ2) is 11.8. The summed E-state index contributed by atoms with van der Waals surface area (Å²) in [6.07, 6.45) is 3.01. The molecule has 0 saturated heterocycles. The minimum atomic E-state index is -1.55. The quantitative estimate of drug-likeness (QED) is 0.263. The molecule has 0 spiro atoms. The number of hydrogen-bond donors (Lipinski definition) is 3. The summed E-state index contributed by atoms with van der Waals surface area (Å²) >= 11 is 0. The summed E-state index contributed by atoms with van der Waals surface area (Å²) in [6.45, 7) is 7.10. The van der Waals surface area contributed by atoms with Gasteiger partial charge >= 0.3 is 6.09 Å². The molecule has 0 bridgehead atoms. The number of fused-ring (bicyclic) bond motifs is 1. The van der Waals surface area contributed by atoms with Crippen LogP contribution < -0.4 is 24.8 Å². The number of pyridine rings is 1. The van der Waals surface area contributed by atoms with E-state index in [4.69, 9.17) is 23.9 Å². The maximum atomic E-state index is 13.9. The van der Waals surface area contributed by atoms with Gasteiger partial charge in [-0.05, 0) is 108 Å². The third kappa shape index (κ3) is 6.60. The predicted octanol–water partition coefficient (Wildman–Crippen LogP) is 5.60. The minimum absolute atomic E-state index is 0.0851. The monoisotopic (exact) mass is 633 g/mol. The molecule has 1 unspecified atom stereocenters. The summed E-state index contributed by atoms with van der Waals surface area (Å²) in [5.41, 5.74) is -1.08. The topological polar surface area (TPSA) is 128 Å². The van der Waals surface area contributed by atoms with Crippen molar-refractivity contribution in [2.45, 2.75) is 76.2 Å². The number of rotatable bonds is 10. The number of benzene rings is 2. The van der Waals surface area contributed by atoms with E-state index in [2.05, 4.69) is 10.6 Å². The first-order chi connectivity index (χ1) is 21.8. The molecule has 2 fully saturated rings. The Morgan fingerprint density at radius 2 is 1.78 bits per heavy atom. The van der Waals surface area contributed by atoms with Gasteiger partial charge in [0, 0.05) is 16.7 Å². The number of nitrogens with one attached hydrogen (secondary N) is 2. The smallest absolute Gasteiger partial charge is 0.408 e. The van der Waals surface area contributed by atoms with Crippen molar-refractivity contribution in [2.75, 3.05) is 20.3 Å². The number of amides is 2. The fourth-order valence-electron chi connectivity index (χ4n) is 5.63. The van der Waals surface area contributed by atoms with Crippen LogP contribution in [0.3, 0.4) is 0 Å². The largest absolute Gasteiger partial charge is 0.493 e. The van der Waals surface area contributed by atoms with Crippen LogP contribution in [0, 0.1) is 11.7 Å². The Balaban J connectivity index is 1.33. The second-order valence-corrected chi connectivity index (χ2v) is 13.6. The lowest BCUT2D eigenvalue weighted by molar-refractivity contribution is 0.00944. The van der Waals surface area contributed by atoms with Crippen molar-refractivity contribution >= 4 is 12.0 Å². The van der Waals surface area contributed by atoms with E-state index in [1.165, 1.54) is 19.2 Å². The summed E-state index contributed by atoms with van der Waals surface area (Å²) in [5.74, 6) is 0.479. The molecule has 1 aromatic heterocycles. The van der Waals surface area contributed by atoms with Gasteiger partial charge in [0.15, 0.2) is 17.2 Å². The summed E-state index contributed by atoms with van der Waals surface area (Å²) < 4.78 is 36.9. The maximum Gasteiger partial charge on any atom is 0.408 e. The molecular weight excluding hydrogens is 593 g/mol. The Morgan fingerprint density at radius 1 is 1.07 bits per heavy atom. The van der Waals surface area contributed by atoms with Gasteiger partial charge in [0.2, 0.25) is 0 Å². The van der Waals surface area contributed by atoms with Gasteiger partial charge in [0.1, 0.15) is 34.9 Å². The summed E-state index contributed by atoms with van der Waals surface area (Å²) in [6, 6.07) is 12.6. The molecule has 2 aliphatic carbocycles.